The average molecular weight is 352 g/mol. The highest BCUT2D eigenvalue weighted by Gasteiger charge is 2.32. The summed E-state index contributed by atoms with van der Waals surface area (Å²) in [7, 11) is 1.70. The van der Waals surface area contributed by atoms with Gasteiger partial charge in [0.2, 0.25) is 5.91 Å². The number of benzene rings is 2. The topological polar surface area (TPSA) is 42.0 Å². The van der Waals surface area contributed by atoms with E-state index in [1.165, 1.54) is 0 Å². The van der Waals surface area contributed by atoms with E-state index in [1.54, 1.807) is 7.11 Å². The first-order chi connectivity index (χ1) is 12.8. The van der Waals surface area contributed by atoms with Gasteiger partial charge in [-0.15, -0.1) is 0 Å². The number of hydrogen-bond donors (Lipinski definition) is 0. The van der Waals surface area contributed by atoms with Crippen molar-refractivity contribution < 1.29 is 14.3 Å². The zero-order valence-electron chi connectivity index (χ0n) is 15.1. The van der Waals surface area contributed by atoms with E-state index in [2.05, 4.69) is 11.0 Å². The molecular formula is C21H24N2O3. The van der Waals surface area contributed by atoms with Crippen LogP contribution in [0, 0.1) is 0 Å². The molecule has 2 heterocycles. The molecule has 2 aromatic carbocycles. The van der Waals surface area contributed by atoms with Gasteiger partial charge in [0.1, 0.15) is 11.5 Å². The normalized spacial score (nSPS) is 19.5. The number of piperazine rings is 1. The van der Waals surface area contributed by atoms with Crippen LogP contribution in [0.25, 0.3) is 0 Å². The predicted octanol–water partition coefficient (Wildman–Crippen LogP) is 2.91. The minimum absolute atomic E-state index is 0.0854. The van der Waals surface area contributed by atoms with Crippen LogP contribution in [0.1, 0.15) is 17.9 Å². The lowest BCUT2D eigenvalue weighted by atomic mass is 9.91. The molecule has 1 fully saturated rings. The number of anilines is 1. The third-order valence-corrected chi connectivity index (χ3v) is 5.27. The number of amides is 1. The lowest BCUT2D eigenvalue weighted by Crippen LogP contribution is -2.50. The molecule has 1 saturated heterocycles. The van der Waals surface area contributed by atoms with Crippen molar-refractivity contribution in [2.75, 3.05) is 44.8 Å². The molecule has 0 spiro atoms. The second-order valence-corrected chi connectivity index (χ2v) is 6.71. The molecule has 0 radical (unpaired) electrons. The number of hydrogen-bond acceptors (Lipinski definition) is 4. The van der Waals surface area contributed by atoms with Crippen molar-refractivity contribution in [2.24, 2.45) is 0 Å². The molecule has 4 rings (SSSR count). The largest absolute Gasteiger partial charge is 0.495 e. The highest BCUT2D eigenvalue weighted by Crippen LogP contribution is 2.35. The first-order valence-corrected chi connectivity index (χ1v) is 9.16. The van der Waals surface area contributed by atoms with Crippen LogP contribution in [-0.2, 0) is 4.79 Å². The highest BCUT2D eigenvalue weighted by molar-refractivity contribution is 5.85. The number of rotatable bonds is 3. The molecule has 136 valence electrons. The van der Waals surface area contributed by atoms with Gasteiger partial charge in [-0.3, -0.25) is 4.79 Å². The van der Waals surface area contributed by atoms with Crippen LogP contribution in [0.2, 0.25) is 0 Å². The third-order valence-electron chi connectivity index (χ3n) is 5.27. The molecule has 2 aliphatic heterocycles. The van der Waals surface area contributed by atoms with Gasteiger partial charge < -0.3 is 19.3 Å². The lowest BCUT2D eigenvalue weighted by molar-refractivity contribution is -0.133. The van der Waals surface area contributed by atoms with Crippen LogP contribution in [0.5, 0.6) is 11.5 Å². The molecule has 1 amide bonds. The molecule has 5 nitrogen and oxygen atoms in total. The van der Waals surface area contributed by atoms with E-state index in [9.17, 15) is 4.79 Å². The Morgan fingerprint density at radius 2 is 1.77 bits per heavy atom. The maximum absolute atomic E-state index is 13.1. The molecule has 0 saturated carbocycles. The SMILES string of the molecule is COc1ccccc1N1CCN(C(=O)C2CCOc3ccccc32)CC1. The van der Waals surface area contributed by atoms with Crippen LogP contribution in [0.3, 0.4) is 0 Å². The Kier molecular flexibility index (Phi) is 4.69. The van der Waals surface area contributed by atoms with E-state index in [-0.39, 0.29) is 11.8 Å². The van der Waals surface area contributed by atoms with E-state index in [0.29, 0.717) is 6.61 Å². The second kappa shape index (κ2) is 7.28. The van der Waals surface area contributed by atoms with Gasteiger partial charge in [-0.25, -0.2) is 0 Å². The van der Waals surface area contributed by atoms with Gasteiger partial charge >= 0.3 is 0 Å². The van der Waals surface area contributed by atoms with Crippen LogP contribution in [-0.4, -0.2) is 50.7 Å². The molecule has 5 heteroatoms. The fourth-order valence-corrected chi connectivity index (χ4v) is 3.88. The van der Waals surface area contributed by atoms with E-state index >= 15 is 0 Å². The summed E-state index contributed by atoms with van der Waals surface area (Å²) in [5, 5.41) is 0. The smallest absolute Gasteiger partial charge is 0.230 e. The Morgan fingerprint density at radius 1 is 1.04 bits per heavy atom. The Hall–Kier alpha value is -2.69. The number of fused-ring (bicyclic) bond motifs is 1. The number of para-hydroxylation sites is 3. The van der Waals surface area contributed by atoms with Crippen LogP contribution in [0.15, 0.2) is 48.5 Å². The monoisotopic (exact) mass is 352 g/mol. The molecule has 26 heavy (non-hydrogen) atoms. The second-order valence-electron chi connectivity index (χ2n) is 6.71. The predicted molar refractivity (Wildman–Crippen MR) is 101 cm³/mol. The van der Waals surface area contributed by atoms with Gasteiger partial charge in [0.25, 0.3) is 0 Å². The molecule has 2 aromatic rings. The summed E-state index contributed by atoms with van der Waals surface area (Å²) in [6.07, 6.45) is 0.753. The summed E-state index contributed by atoms with van der Waals surface area (Å²) in [6, 6.07) is 16.0. The van der Waals surface area contributed by atoms with Crippen molar-refractivity contribution in [3.05, 3.63) is 54.1 Å². The first kappa shape index (κ1) is 16.8. The summed E-state index contributed by atoms with van der Waals surface area (Å²) in [6.45, 7) is 3.70. The Balaban J connectivity index is 1.45. The molecule has 1 unspecified atom stereocenters. The molecule has 0 aromatic heterocycles. The maximum atomic E-state index is 13.1. The average Bonchev–Trinajstić information content (AvgIpc) is 2.73. The minimum Gasteiger partial charge on any atom is -0.495 e. The van der Waals surface area contributed by atoms with Crippen molar-refractivity contribution >= 4 is 11.6 Å². The summed E-state index contributed by atoms with van der Waals surface area (Å²) in [4.78, 5) is 17.4. The fourth-order valence-electron chi connectivity index (χ4n) is 3.88. The first-order valence-electron chi connectivity index (χ1n) is 9.16. The summed E-state index contributed by atoms with van der Waals surface area (Å²) < 4.78 is 11.2. The Morgan fingerprint density at radius 3 is 2.58 bits per heavy atom. The Labute approximate surface area is 154 Å². The zero-order chi connectivity index (χ0) is 17.9. The minimum atomic E-state index is -0.0854. The maximum Gasteiger partial charge on any atom is 0.230 e. The quantitative estimate of drug-likeness (QED) is 0.852. The van der Waals surface area contributed by atoms with E-state index in [4.69, 9.17) is 9.47 Å². The number of carbonyl (C=O) groups excluding carboxylic acids is 1. The zero-order valence-corrected chi connectivity index (χ0v) is 15.1. The van der Waals surface area contributed by atoms with Gasteiger partial charge in [-0.2, -0.15) is 0 Å². The van der Waals surface area contributed by atoms with Crippen molar-refractivity contribution in [2.45, 2.75) is 12.3 Å². The number of ether oxygens (including phenoxy) is 2. The molecule has 2 aliphatic rings. The van der Waals surface area contributed by atoms with Crippen molar-refractivity contribution in [3.8, 4) is 11.5 Å². The highest BCUT2D eigenvalue weighted by atomic mass is 16.5. The van der Waals surface area contributed by atoms with Gasteiger partial charge in [-0.05, 0) is 24.6 Å². The standard InChI is InChI=1S/C21H24N2O3/c1-25-20-9-5-3-7-18(20)22-11-13-23(14-12-22)21(24)17-10-15-26-19-8-4-2-6-16(17)19/h2-9,17H,10-15H2,1H3. The summed E-state index contributed by atoms with van der Waals surface area (Å²) >= 11 is 0. The van der Waals surface area contributed by atoms with Crippen molar-refractivity contribution in [1.82, 2.24) is 4.90 Å². The summed E-state index contributed by atoms with van der Waals surface area (Å²) in [5.41, 5.74) is 2.12. The van der Waals surface area contributed by atoms with Crippen LogP contribution in [0.4, 0.5) is 5.69 Å². The van der Waals surface area contributed by atoms with Crippen molar-refractivity contribution in [1.29, 1.82) is 0 Å². The third kappa shape index (κ3) is 3.09. The van der Waals surface area contributed by atoms with Gasteiger partial charge in [-0.1, -0.05) is 30.3 Å². The van der Waals surface area contributed by atoms with E-state index < -0.39 is 0 Å². The van der Waals surface area contributed by atoms with E-state index in [0.717, 1.165) is 55.3 Å². The summed E-state index contributed by atoms with van der Waals surface area (Å²) in [5.74, 6) is 1.87. The molecular weight excluding hydrogens is 328 g/mol. The van der Waals surface area contributed by atoms with Gasteiger partial charge in [0.05, 0.1) is 25.3 Å². The Bertz CT molecular complexity index is 784. The molecule has 0 aliphatic carbocycles. The van der Waals surface area contributed by atoms with Gasteiger partial charge in [0, 0.05) is 31.7 Å². The van der Waals surface area contributed by atoms with E-state index in [1.807, 2.05) is 47.4 Å². The number of methoxy groups -OCH3 is 1. The van der Waals surface area contributed by atoms with Crippen molar-refractivity contribution in [3.63, 3.8) is 0 Å². The molecule has 1 atom stereocenters. The van der Waals surface area contributed by atoms with Crippen LogP contribution < -0.4 is 14.4 Å². The van der Waals surface area contributed by atoms with Crippen LogP contribution >= 0.6 is 0 Å². The number of carbonyl (C=O) groups is 1. The lowest BCUT2D eigenvalue weighted by Gasteiger charge is -2.38. The molecule has 0 N–H and O–H groups in total. The fraction of sp³-hybridized carbons (Fsp3) is 0.381. The molecule has 0 bridgehead atoms. The number of nitrogens with zero attached hydrogens (tertiary/aromatic N) is 2. The van der Waals surface area contributed by atoms with Gasteiger partial charge in [0.15, 0.2) is 0 Å².